The monoisotopic (exact) mass is 267 g/mol. The van der Waals surface area contributed by atoms with E-state index in [-0.39, 0.29) is 4.90 Å². The molecule has 2 aromatic rings. The van der Waals surface area contributed by atoms with Gasteiger partial charge in [0.2, 0.25) is 10.0 Å². The third kappa shape index (κ3) is 2.41. The maximum atomic E-state index is 11.5. The Hall–Kier alpha value is -1.17. The average molecular weight is 267 g/mol. The van der Waals surface area contributed by atoms with Crippen LogP contribution < -0.4 is 5.14 Å². The van der Waals surface area contributed by atoms with Crippen LogP contribution in [0.2, 0.25) is 0 Å². The number of primary sulfonamides is 1. The van der Waals surface area contributed by atoms with Gasteiger partial charge in [0.05, 0.1) is 4.90 Å². The van der Waals surface area contributed by atoms with Gasteiger partial charge in [-0.25, -0.2) is 13.6 Å². The van der Waals surface area contributed by atoms with Crippen LogP contribution in [0.4, 0.5) is 0 Å². The number of hydrogen-bond donors (Lipinski definition) is 1. The van der Waals surface area contributed by atoms with Crippen molar-refractivity contribution in [2.24, 2.45) is 5.14 Å². The van der Waals surface area contributed by atoms with Crippen molar-refractivity contribution >= 4 is 21.4 Å². The smallest absolute Gasteiger partial charge is 0.225 e. The summed E-state index contributed by atoms with van der Waals surface area (Å²) < 4.78 is 23.0. The highest BCUT2D eigenvalue weighted by Gasteiger charge is 2.16. The van der Waals surface area contributed by atoms with Crippen molar-refractivity contribution in [2.75, 3.05) is 0 Å². The van der Waals surface area contributed by atoms with Crippen LogP contribution in [-0.4, -0.2) is 8.42 Å². The summed E-state index contributed by atoms with van der Waals surface area (Å²) in [5.74, 6) is 0. The molecule has 0 fully saturated rings. The summed E-state index contributed by atoms with van der Waals surface area (Å²) in [7, 11) is -3.66. The normalized spacial score (nSPS) is 11.6. The molecule has 0 spiro atoms. The standard InChI is InChI=1S/C12H13NO2S2/c1-2-10-11(9-6-7-16-8-9)4-3-5-12(10)17(13,14)15/h3-8H,2H2,1H3,(H2,13,14,15). The molecule has 3 nitrogen and oxygen atoms in total. The van der Waals surface area contributed by atoms with Crippen LogP contribution >= 0.6 is 11.3 Å². The van der Waals surface area contributed by atoms with Crippen molar-refractivity contribution in [3.8, 4) is 11.1 Å². The Bertz CT molecular complexity index is 616. The number of hydrogen-bond acceptors (Lipinski definition) is 3. The van der Waals surface area contributed by atoms with E-state index in [1.54, 1.807) is 23.5 Å². The zero-order chi connectivity index (χ0) is 12.5. The van der Waals surface area contributed by atoms with Gasteiger partial charge in [-0.05, 0) is 46.0 Å². The molecule has 0 aliphatic heterocycles. The predicted octanol–water partition coefficient (Wildman–Crippen LogP) is 2.62. The van der Waals surface area contributed by atoms with Gasteiger partial charge in [0.25, 0.3) is 0 Å². The Morgan fingerprint density at radius 1 is 1.29 bits per heavy atom. The van der Waals surface area contributed by atoms with Gasteiger partial charge < -0.3 is 0 Å². The molecule has 0 atom stereocenters. The molecule has 1 heterocycles. The van der Waals surface area contributed by atoms with E-state index in [9.17, 15) is 8.42 Å². The van der Waals surface area contributed by atoms with E-state index in [1.165, 1.54) is 0 Å². The summed E-state index contributed by atoms with van der Waals surface area (Å²) >= 11 is 1.59. The van der Waals surface area contributed by atoms with Crippen molar-refractivity contribution in [2.45, 2.75) is 18.2 Å². The Labute approximate surface area is 105 Å². The first-order valence-electron chi connectivity index (χ1n) is 5.21. The molecule has 2 N–H and O–H groups in total. The number of thiophene rings is 1. The topological polar surface area (TPSA) is 60.2 Å². The van der Waals surface area contributed by atoms with Crippen LogP contribution in [0.3, 0.4) is 0 Å². The van der Waals surface area contributed by atoms with E-state index in [1.807, 2.05) is 29.8 Å². The zero-order valence-electron chi connectivity index (χ0n) is 9.38. The molecule has 0 saturated heterocycles. The number of benzene rings is 1. The Balaban J connectivity index is 2.71. The maximum absolute atomic E-state index is 11.5. The summed E-state index contributed by atoms with van der Waals surface area (Å²) in [6, 6.07) is 7.19. The lowest BCUT2D eigenvalue weighted by molar-refractivity contribution is 0.597. The summed E-state index contributed by atoms with van der Waals surface area (Å²) in [4.78, 5) is 0.226. The van der Waals surface area contributed by atoms with Crippen molar-refractivity contribution in [1.82, 2.24) is 0 Å². The van der Waals surface area contributed by atoms with Crippen molar-refractivity contribution in [3.05, 3.63) is 40.6 Å². The molecule has 90 valence electrons. The van der Waals surface area contributed by atoms with E-state index in [4.69, 9.17) is 5.14 Å². The summed E-state index contributed by atoms with van der Waals surface area (Å²) in [5, 5.41) is 9.20. The average Bonchev–Trinajstić information content (AvgIpc) is 2.80. The molecule has 0 radical (unpaired) electrons. The molecule has 0 aliphatic carbocycles. The molecule has 0 bridgehead atoms. The van der Waals surface area contributed by atoms with Gasteiger partial charge in [-0.2, -0.15) is 11.3 Å². The molecule has 0 unspecified atom stereocenters. The first-order valence-corrected chi connectivity index (χ1v) is 7.70. The Morgan fingerprint density at radius 2 is 2.06 bits per heavy atom. The van der Waals surface area contributed by atoms with Crippen LogP contribution in [-0.2, 0) is 16.4 Å². The van der Waals surface area contributed by atoms with Gasteiger partial charge in [-0.1, -0.05) is 19.1 Å². The lowest BCUT2D eigenvalue weighted by atomic mass is 10.0. The molecule has 2 rings (SSSR count). The molecular weight excluding hydrogens is 254 g/mol. The van der Waals surface area contributed by atoms with Gasteiger partial charge >= 0.3 is 0 Å². The third-order valence-corrected chi connectivity index (χ3v) is 4.30. The lowest BCUT2D eigenvalue weighted by Gasteiger charge is -2.10. The van der Waals surface area contributed by atoms with Gasteiger partial charge in [-0.3, -0.25) is 0 Å². The van der Waals surface area contributed by atoms with Gasteiger partial charge in [0, 0.05) is 0 Å². The first-order chi connectivity index (χ1) is 8.04. The fourth-order valence-corrected chi connectivity index (χ4v) is 3.41. The zero-order valence-corrected chi connectivity index (χ0v) is 11.0. The minimum absolute atomic E-state index is 0.226. The van der Waals surface area contributed by atoms with Crippen LogP contribution in [0.1, 0.15) is 12.5 Å². The summed E-state index contributed by atoms with van der Waals surface area (Å²) in [6.07, 6.45) is 0.637. The highest BCUT2D eigenvalue weighted by Crippen LogP contribution is 2.30. The van der Waals surface area contributed by atoms with Crippen LogP contribution in [0, 0.1) is 0 Å². The van der Waals surface area contributed by atoms with E-state index >= 15 is 0 Å². The van der Waals surface area contributed by atoms with Gasteiger partial charge in [0.15, 0.2) is 0 Å². The van der Waals surface area contributed by atoms with Crippen LogP contribution in [0.5, 0.6) is 0 Å². The molecule has 1 aromatic carbocycles. The van der Waals surface area contributed by atoms with E-state index < -0.39 is 10.0 Å². The highest BCUT2D eigenvalue weighted by atomic mass is 32.2. The van der Waals surface area contributed by atoms with E-state index in [2.05, 4.69) is 0 Å². The number of nitrogens with two attached hydrogens (primary N) is 1. The fourth-order valence-electron chi connectivity index (χ4n) is 1.89. The lowest BCUT2D eigenvalue weighted by Crippen LogP contribution is -2.14. The Morgan fingerprint density at radius 3 is 2.59 bits per heavy atom. The molecule has 0 amide bonds. The quantitative estimate of drug-likeness (QED) is 0.929. The summed E-state index contributed by atoms with van der Waals surface area (Å²) in [5.41, 5.74) is 2.77. The van der Waals surface area contributed by atoms with E-state index in [0.717, 1.165) is 16.7 Å². The third-order valence-electron chi connectivity index (χ3n) is 2.63. The maximum Gasteiger partial charge on any atom is 0.238 e. The van der Waals surface area contributed by atoms with Crippen molar-refractivity contribution < 1.29 is 8.42 Å². The predicted molar refractivity (Wildman–Crippen MR) is 70.5 cm³/mol. The van der Waals surface area contributed by atoms with Gasteiger partial charge in [0.1, 0.15) is 0 Å². The SMILES string of the molecule is CCc1c(-c2ccsc2)cccc1S(N)(=O)=O. The number of sulfonamides is 1. The van der Waals surface area contributed by atoms with Crippen LogP contribution in [0.15, 0.2) is 39.9 Å². The fraction of sp³-hybridized carbons (Fsp3) is 0.167. The van der Waals surface area contributed by atoms with E-state index in [0.29, 0.717) is 6.42 Å². The largest absolute Gasteiger partial charge is 0.238 e. The molecule has 0 aliphatic rings. The molecule has 0 saturated carbocycles. The minimum atomic E-state index is -3.66. The second kappa shape index (κ2) is 4.60. The Kier molecular flexibility index (Phi) is 3.33. The molecule has 17 heavy (non-hydrogen) atoms. The first kappa shape index (κ1) is 12.3. The van der Waals surface area contributed by atoms with Crippen molar-refractivity contribution in [1.29, 1.82) is 0 Å². The second-order valence-corrected chi connectivity index (χ2v) is 6.00. The highest BCUT2D eigenvalue weighted by molar-refractivity contribution is 7.89. The summed E-state index contributed by atoms with van der Waals surface area (Å²) in [6.45, 7) is 1.93. The molecule has 5 heteroatoms. The minimum Gasteiger partial charge on any atom is -0.225 e. The number of rotatable bonds is 3. The van der Waals surface area contributed by atoms with Crippen LogP contribution in [0.25, 0.3) is 11.1 Å². The second-order valence-electron chi connectivity index (χ2n) is 3.69. The molecular formula is C12H13NO2S2. The van der Waals surface area contributed by atoms with Gasteiger partial charge in [-0.15, -0.1) is 0 Å². The van der Waals surface area contributed by atoms with Crippen molar-refractivity contribution in [3.63, 3.8) is 0 Å². The molecule has 1 aromatic heterocycles.